The fourth-order valence-electron chi connectivity index (χ4n) is 3.85. The first kappa shape index (κ1) is 20.0. The largest absolute Gasteiger partial charge is 0.489 e. The summed E-state index contributed by atoms with van der Waals surface area (Å²) in [7, 11) is 1.38. The van der Waals surface area contributed by atoms with Crippen molar-refractivity contribution in [2.24, 2.45) is 10.9 Å². The Balaban J connectivity index is 1.83. The molecule has 0 fully saturated rings. The zero-order valence-electron chi connectivity index (χ0n) is 16.8. The molecule has 0 amide bonds. The van der Waals surface area contributed by atoms with Gasteiger partial charge in [-0.1, -0.05) is 60.7 Å². The minimum absolute atomic E-state index is 0.347. The summed E-state index contributed by atoms with van der Waals surface area (Å²) in [6.45, 7) is 2.22. The average molecular weight is 419 g/mol. The molecule has 1 aliphatic rings. The molecule has 0 radical (unpaired) electrons. The van der Waals surface area contributed by atoms with Crippen molar-refractivity contribution in [1.82, 2.24) is 5.32 Å². The van der Waals surface area contributed by atoms with Gasteiger partial charge >= 0.3 is 5.97 Å². The van der Waals surface area contributed by atoms with Gasteiger partial charge in [-0.25, -0.2) is 4.99 Å². The van der Waals surface area contributed by atoms with Crippen LogP contribution >= 0.6 is 12.2 Å². The summed E-state index contributed by atoms with van der Waals surface area (Å²) in [5, 5.41) is 5.61. The number of carbonyl (C=O) groups is 1. The zero-order valence-corrected chi connectivity index (χ0v) is 17.6. The maximum Gasteiger partial charge on any atom is 0.316 e. The number of methoxy groups -OCH3 is 1. The number of hydrogen-bond acceptors (Lipinski definition) is 4. The molecule has 0 spiro atoms. The Morgan fingerprint density at radius 2 is 1.80 bits per heavy atom. The number of benzene rings is 3. The van der Waals surface area contributed by atoms with E-state index in [4.69, 9.17) is 21.7 Å². The van der Waals surface area contributed by atoms with E-state index in [0.717, 1.165) is 21.9 Å². The topological polar surface area (TPSA) is 59.9 Å². The third kappa shape index (κ3) is 3.91. The van der Waals surface area contributed by atoms with Gasteiger partial charge in [0.2, 0.25) is 0 Å². The van der Waals surface area contributed by atoms with Crippen LogP contribution in [0.25, 0.3) is 10.8 Å². The van der Waals surface area contributed by atoms with Crippen molar-refractivity contribution in [3.8, 4) is 5.75 Å². The highest BCUT2D eigenvalue weighted by Crippen LogP contribution is 2.39. The average Bonchev–Trinajstić information content (AvgIpc) is 2.77. The number of hydrogen-bond donors (Lipinski definition) is 1. The van der Waals surface area contributed by atoms with Crippen molar-refractivity contribution in [2.45, 2.75) is 19.6 Å². The summed E-state index contributed by atoms with van der Waals surface area (Å²) in [5.41, 5.74) is 2.56. The van der Waals surface area contributed by atoms with Gasteiger partial charge in [0.1, 0.15) is 18.3 Å². The van der Waals surface area contributed by atoms with Crippen LogP contribution in [0.1, 0.15) is 24.1 Å². The Hall–Kier alpha value is -3.25. The lowest BCUT2D eigenvalue weighted by Crippen LogP contribution is -2.44. The van der Waals surface area contributed by atoms with Crippen molar-refractivity contribution in [1.29, 1.82) is 0 Å². The molecule has 5 nitrogen and oxygen atoms in total. The van der Waals surface area contributed by atoms with Crippen LogP contribution < -0.4 is 10.1 Å². The van der Waals surface area contributed by atoms with E-state index in [1.165, 1.54) is 7.11 Å². The number of esters is 1. The molecule has 3 aromatic rings. The molecule has 0 aliphatic carbocycles. The van der Waals surface area contributed by atoms with Crippen LogP contribution in [0.5, 0.6) is 5.75 Å². The van der Waals surface area contributed by atoms with Crippen molar-refractivity contribution in [3.05, 3.63) is 77.9 Å². The Labute approximate surface area is 180 Å². The number of nitrogens with one attached hydrogen (secondary N) is 1. The quantitative estimate of drug-likeness (QED) is 0.485. The number of rotatable bonds is 5. The minimum atomic E-state index is -0.605. The van der Waals surface area contributed by atoms with Gasteiger partial charge in [-0.15, -0.1) is 0 Å². The molecule has 0 bridgehead atoms. The minimum Gasteiger partial charge on any atom is -0.489 e. The Bertz CT molecular complexity index is 1130. The molecule has 30 heavy (non-hydrogen) atoms. The Kier molecular flexibility index (Phi) is 5.77. The molecule has 3 aromatic carbocycles. The summed E-state index contributed by atoms with van der Waals surface area (Å²) >= 11 is 5.35. The molecule has 0 saturated heterocycles. The first-order valence-electron chi connectivity index (χ1n) is 9.70. The third-order valence-electron chi connectivity index (χ3n) is 5.27. The molecule has 0 aromatic heterocycles. The van der Waals surface area contributed by atoms with E-state index in [0.29, 0.717) is 23.2 Å². The van der Waals surface area contributed by atoms with Gasteiger partial charge in [-0.2, -0.15) is 0 Å². The molecule has 2 unspecified atom stereocenters. The van der Waals surface area contributed by atoms with Gasteiger partial charge in [0.05, 0.1) is 13.2 Å². The lowest BCUT2D eigenvalue weighted by Gasteiger charge is -2.32. The first-order valence-corrected chi connectivity index (χ1v) is 10.1. The second-order valence-electron chi connectivity index (χ2n) is 7.15. The first-order chi connectivity index (χ1) is 14.6. The van der Waals surface area contributed by atoms with Crippen molar-refractivity contribution in [2.75, 3.05) is 7.11 Å². The van der Waals surface area contributed by atoms with Gasteiger partial charge in [0.15, 0.2) is 5.11 Å². The van der Waals surface area contributed by atoms with Gasteiger partial charge < -0.3 is 14.8 Å². The molecule has 0 saturated carbocycles. The Morgan fingerprint density at radius 1 is 1.07 bits per heavy atom. The molecule has 6 heteroatoms. The predicted octanol–water partition coefficient (Wildman–Crippen LogP) is 4.60. The van der Waals surface area contributed by atoms with Crippen molar-refractivity contribution >= 4 is 39.8 Å². The maximum atomic E-state index is 12.7. The van der Waals surface area contributed by atoms with E-state index < -0.39 is 12.0 Å². The van der Waals surface area contributed by atoms with Crippen molar-refractivity contribution < 1.29 is 14.3 Å². The summed E-state index contributed by atoms with van der Waals surface area (Å²) in [4.78, 5) is 17.0. The normalized spacial score (nSPS) is 18.5. The standard InChI is InChI=1S/C24H22N2O3S/c1-15-20(23(27)28-2)22(26-24(30)25-15)21-18-11-7-6-10-17(18)12-13-19(21)29-14-16-8-4-3-5-9-16/h3-13,20,22H,14H2,1-2H3,(H,26,30). The Morgan fingerprint density at radius 3 is 2.57 bits per heavy atom. The molecular weight excluding hydrogens is 396 g/mol. The third-order valence-corrected chi connectivity index (χ3v) is 5.48. The molecule has 152 valence electrons. The van der Waals surface area contributed by atoms with Gasteiger partial charge in [0.25, 0.3) is 0 Å². The molecule has 2 atom stereocenters. The number of nitrogens with zero attached hydrogens (tertiary/aromatic N) is 1. The molecular formula is C24H22N2O3S. The van der Waals surface area contributed by atoms with Crippen LogP contribution in [0.3, 0.4) is 0 Å². The van der Waals surface area contributed by atoms with Crippen molar-refractivity contribution in [3.63, 3.8) is 0 Å². The highest BCUT2D eigenvalue weighted by Gasteiger charge is 2.39. The van der Waals surface area contributed by atoms with Gasteiger partial charge in [-0.3, -0.25) is 4.79 Å². The van der Waals surface area contributed by atoms with Crippen LogP contribution in [0.2, 0.25) is 0 Å². The molecule has 1 aliphatic heterocycles. The summed E-state index contributed by atoms with van der Waals surface area (Å²) in [6, 6.07) is 21.5. The van der Waals surface area contributed by atoms with E-state index in [9.17, 15) is 4.79 Å². The number of ether oxygens (including phenoxy) is 2. The number of thiocarbonyl (C=S) groups is 1. The highest BCUT2D eigenvalue weighted by atomic mass is 32.1. The van der Waals surface area contributed by atoms with E-state index in [1.54, 1.807) is 6.92 Å². The number of fused-ring (bicyclic) bond motifs is 1. The molecule has 1 heterocycles. The molecule has 4 rings (SSSR count). The summed E-state index contributed by atoms with van der Waals surface area (Å²) in [6.07, 6.45) is 0. The van der Waals surface area contributed by atoms with Crippen LogP contribution in [0.15, 0.2) is 71.7 Å². The zero-order chi connectivity index (χ0) is 21.1. The van der Waals surface area contributed by atoms with Crippen LogP contribution in [0, 0.1) is 5.92 Å². The number of aliphatic imine (C=N–C) groups is 1. The van der Waals surface area contributed by atoms with Gasteiger partial charge in [-0.05, 0) is 41.5 Å². The van der Waals surface area contributed by atoms with Crippen LogP contribution in [-0.4, -0.2) is 23.9 Å². The second-order valence-corrected chi connectivity index (χ2v) is 7.54. The summed E-state index contributed by atoms with van der Waals surface area (Å²) in [5.74, 6) is -0.272. The van der Waals surface area contributed by atoms with Gasteiger partial charge in [0, 0.05) is 11.3 Å². The van der Waals surface area contributed by atoms with Crippen LogP contribution in [0.4, 0.5) is 0 Å². The lowest BCUT2D eigenvalue weighted by atomic mass is 9.85. The van der Waals surface area contributed by atoms with Crippen LogP contribution in [-0.2, 0) is 16.1 Å². The monoisotopic (exact) mass is 418 g/mol. The van der Waals surface area contributed by atoms with E-state index in [-0.39, 0.29) is 5.97 Å². The van der Waals surface area contributed by atoms with E-state index in [1.807, 2.05) is 66.7 Å². The smallest absolute Gasteiger partial charge is 0.316 e. The predicted molar refractivity (Wildman–Crippen MR) is 122 cm³/mol. The second kappa shape index (κ2) is 8.63. The number of carbonyl (C=O) groups excluding carboxylic acids is 1. The van der Waals surface area contributed by atoms with E-state index >= 15 is 0 Å². The van der Waals surface area contributed by atoms with E-state index in [2.05, 4.69) is 10.3 Å². The molecule has 1 N–H and O–H groups in total. The fraction of sp³-hybridized carbons (Fsp3) is 0.208. The fourth-order valence-corrected chi connectivity index (χ4v) is 4.12. The lowest BCUT2D eigenvalue weighted by molar-refractivity contribution is -0.143. The highest BCUT2D eigenvalue weighted by molar-refractivity contribution is 7.80. The maximum absolute atomic E-state index is 12.7. The SMILES string of the molecule is COC(=O)C1C(C)=NC(=S)NC1c1c(OCc2ccccc2)ccc2ccccc12. The summed E-state index contributed by atoms with van der Waals surface area (Å²) < 4.78 is 11.3.